The lowest BCUT2D eigenvalue weighted by molar-refractivity contribution is 0.531. The monoisotopic (exact) mass is 227 g/mol. The molecule has 0 aliphatic carbocycles. The maximum absolute atomic E-state index is 11.0. The van der Waals surface area contributed by atoms with Crippen LogP contribution in [-0.4, -0.2) is 21.9 Å². The molecule has 0 aliphatic heterocycles. The summed E-state index contributed by atoms with van der Waals surface area (Å²) in [6, 6.07) is 7.39. The molecule has 0 fully saturated rings. The normalized spacial score (nSPS) is 12.5. The van der Waals surface area contributed by atoms with E-state index in [2.05, 4.69) is 0 Å². The molecule has 1 aromatic carbocycles. The van der Waals surface area contributed by atoms with Crippen LogP contribution in [0.1, 0.15) is 12.0 Å². The molecular weight excluding hydrogens is 212 g/mol. The van der Waals surface area contributed by atoms with Crippen molar-refractivity contribution in [2.24, 2.45) is 5.73 Å². The first-order valence-corrected chi connectivity index (χ1v) is 5.82. The van der Waals surface area contributed by atoms with Gasteiger partial charge in [0.15, 0.2) is 0 Å². The van der Waals surface area contributed by atoms with Gasteiger partial charge in [-0.05, 0) is 31.5 Å². The Hall–Kier alpha value is -0.910. The van der Waals surface area contributed by atoms with Crippen LogP contribution in [0, 0.1) is 6.92 Å². The molecule has 0 aliphatic rings. The summed E-state index contributed by atoms with van der Waals surface area (Å²) < 4.78 is 23.4. The van der Waals surface area contributed by atoms with Gasteiger partial charge >= 0.3 is 0 Å². The van der Waals surface area contributed by atoms with Crippen LogP contribution in [0.5, 0.6) is 0 Å². The van der Waals surface area contributed by atoms with Gasteiger partial charge in [0, 0.05) is 17.8 Å². The van der Waals surface area contributed by atoms with Gasteiger partial charge in [-0.3, -0.25) is 4.21 Å². The highest BCUT2D eigenvalue weighted by Gasteiger charge is 2.08. The molecule has 0 bridgehead atoms. The standard InChI is InChI=1S/C10H16N2O2S/c1-9-5-2-3-6-10(9)12(15(13)14)8-4-7-11/h2-3,5-6H,4,7-8,11H2,1H3,(H,13,14)/p-1. The van der Waals surface area contributed by atoms with Gasteiger partial charge in [0.05, 0.1) is 5.69 Å². The van der Waals surface area contributed by atoms with E-state index in [9.17, 15) is 8.76 Å². The number of nitrogens with two attached hydrogens (primary N) is 1. The summed E-state index contributed by atoms with van der Waals surface area (Å²) in [5, 5.41) is 0. The summed E-state index contributed by atoms with van der Waals surface area (Å²) in [4.78, 5) is 0. The fourth-order valence-corrected chi connectivity index (χ4v) is 2.00. The summed E-state index contributed by atoms with van der Waals surface area (Å²) in [6.07, 6.45) is 0.655. The van der Waals surface area contributed by atoms with E-state index in [0.29, 0.717) is 19.5 Å². The zero-order chi connectivity index (χ0) is 11.3. The predicted molar refractivity (Wildman–Crippen MR) is 61.1 cm³/mol. The Balaban J connectivity index is 2.89. The van der Waals surface area contributed by atoms with E-state index >= 15 is 0 Å². The number of benzene rings is 1. The first kappa shape index (κ1) is 12.2. The predicted octanol–water partition coefficient (Wildman–Crippen LogP) is 0.944. The van der Waals surface area contributed by atoms with Gasteiger partial charge in [0.2, 0.25) is 0 Å². The van der Waals surface area contributed by atoms with Crippen LogP contribution in [0.3, 0.4) is 0 Å². The second-order valence-electron chi connectivity index (χ2n) is 3.25. The van der Waals surface area contributed by atoms with Crippen LogP contribution < -0.4 is 10.0 Å². The Bertz CT molecular complexity index is 344. The Morgan fingerprint density at radius 2 is 2.13 bits per heavy atom. The van der Waals surface area contributed by atoms with E-state index in [1.165, 1.54) is 4.31 Å². The highest BCUT2D eigenvalue weighted by Crippen LogP contribution is 2.20. The van der Waals surface area contributed by atoms with Gasteiger partial charge in [-0.15, -0.1) is 0 Å². The highest BCUT2D eigenvalue weighted by atomic mass is 32.2. The van der Waals surface area contributed by atoms with E-state index in [1.54, 1.807) is 6.07 Å². The average Bonchev–Trinajstić information content (AvgIpc) is 2.20. The smallest absolute Gasteiger partial charge is 0.0511 e. The number of anilines is 1. The Morgan fingerprint density at radius 3 is 2.67 bits per heavy atom. The second kappa shape index (κ2) is 5.85. The number of nitrogens with zero attached hydrogens (tertiary/aromatic N) is 1. The SMILES string of the molecule is Cc1ccccc1N(CCCN)S(=O)[O-]. The summed E-state index contributed by atoms with van der Waals surface area (Å²) >= 11 is -2.24. The molecule has 1 rings (SSSR count). The lowest BCUT2D eigenvalue weighted by Gasteiger charge is -2.27. The van der Waals surface area contributed by atoms with Gasteiger partial charge in [-0.1, -0.05) is 18.2 Å². The number of hydrogen-bond acceptors (Lipinski definition) is 3. The van der Waals surface area contributed by atoms with Crippen LogP contribution in [0.15, 0.2) is 24.3 Å². The first-order valence-electron chi connectivity index (χ1n) is 4.79. The Kier molecular flexibility index (Phi) is 4.74. The van der Waals surface area contributed by atoms with Crippen molar-refractivity contribution >= 4 is 17.0 Å². The van der Waals surface area contributed by atoms with Crippen LogP contribution in [0.4, 0.5) is 5.69 Å². The largest absolute Gasteiger partial charge is 0.755 e. The van der Waals surface area contributed by atoms with Gasteiger partial charge in [0.1, 0.15) is 0 Å². The van der Waals surface area contributed by atoms with Crippen molar-refractivity contribution in [3.05, 3.63) is 29.8 Å². The summed E-state index contributed by atoms with van der Waals surface area (Å²) in [5.74, 6) is 0. The molecule has 2 N–H and O–H groups in total. The molecule has 15 heavy (non-hydrogen) atoms. The van der Waals surface area contributed by atoms with Gasteiger partial charge in [0.25, 0.3) is 0 Å². The molecule has 4 nitrogen and oxygen atoms in total. The molecule has 84 valence electrons. The lowest BCUT2D eigenvalue weighted by Crippen LogP contribution is -2.28. The van der Waals surface area contributed by atoms with Gasteiger partial charge in [-0.25, -0.2) is 0 Å². The van der Waals surface area contributed by atoms with Crippen molar-refractivity contribution in [2.75, 3.05) is 17.4 Å². The minimum atomic E-state index is -2.24. The molecule has 0 saturated carbocycles. The Labute approximate surface area is 92.5 Å². The lowest BCUT2D eigenvalue weighted by atomic mass is 10.2. The topological polar surface area (TPSA) is 69.4 Å². The first-order chi connectivity index (χ1) is 7.16. The quantitative estimate of drug-likeness (QED) is 0.761. The van der Waals surface area contributed by atoms with E-state index in [0.717, 1.165) is 11.3 Å². The third kappa shape index (κ3) is 3.30. The molecule has 0 saturated heterocycles. The molecular formula is C10H15N2O2S-. The minimum absolute atomic E-state index is 0.428. The number of aryl methyl sites for hydroxylation is 1. The highest BCUT2D eigenvalue weighted by molar-refractivity contribution is 7.80. The van der Waals surface area contributed by atoms with Crippen LogP contribution in [0.2, 0.25) is 0 Å². The zero-order valence-corrected chi connectivity index (χ0v) is 9.50. The van der Waals surface area contributed by atoms with Crippen molar-refractivity contribution in [3.8, 4) is 0 Å². The van der Waals surface area contributed by atoms with E-state index < -0.39 is 11.3 Å². The van der Waals surface area contributed by atoms with Gasteiger partial charge in [-0.2, -0.15) is 0 Å². The summed E-state index contributed by atoms with van der Waals surface area (Å²) in [6.45, 7) is 2.80. The Morgan fingerprint density at radius 1 is 1.47 bits per heavy atom. The summed E-state index contributed by atoms with van der Waals surface area (Å²) in [7, 11) is 0. The molecule has 1 unspecified atom stereocenters. The molecule has 0 spiro atoms. The van der Waals surface area contributed by atoms with Crippen molar-refractivity contribution in [3.63, 3.8) is 0 Å². The average molecular weight is 227 g/mol. The number of para-hydroxylation sites is 1. The fraction of sp³-hybridized carbons (Fsp3) is 0.400. The minimum Gasteiger partial charge on any atom is -0.755 e. The van der Waals surface area contributed by atoms with Crippen LogP contribution in [0.25, 0.3) is 0 Å². The van der Waals surface area contributed by atoms with Crippen LogP contribution >= 0.6 is 0 Å². The zero-order valence-electron chi connectivity index (χ0n) is 8.68. The second-order valence-corrected chi connectivity index (χ2v) is 4.12. The molecule has 5 heteroatoms. The molecule has 1 atom stereocenters. The van der Waals surface area contributed by atoms with Crippen molar-refractivity contribution < 1.29 is 8.76 Å². The van der Waals surface area contributed by atoms with Crippen LogP contribution in [-0.2, 0) is 11.3 Å². The summed E-state index contributed by atoms with van der Waals surface area (Å²) in [5.41, 5.74) is 7.03. The van der Waals surface area contributed by atoms with Crippen molar-refractivity contribution in [1.29, 1.82) is 0 Å². The third-order valence-corrected chi connectivity index (χ3v) is 2.87. The van der Waals surface area contributed by atoms with Crippen molar-refractivity contribution in [1.82, 2.24) is 0 Å². The maximum atomic E-state index is 11.0. The van der Waals surface area contributed by atoms with Gasteiger partial charge < -0.3 is 14.6 Å². The van der Waals surface area contributed by atoms with E-state index in [-0.39, 0.29) is 0 Å². The van der Waals surface area contributed by atoms with E-state index in [1.807, 2.05) is 25.1 Å². The molecule has 0 radical (unpaired) electrons. The molecule has 1 aromatic rings. The molecule has 0 amide bonds. The molecule has 0 aromatic heterocycles. The number of rotatable bonds is 5. The fourth-order valence-electron chi connectivity index (χ4n) is 1.35. The molecule has 0 heterocycles. The van der Waals surface area contributed by atoms with E-state index in [4.69, 9.17) is 5.73 Å². The third-order valence-electron chi connectivity index (χ3n) is 2.13. The maximum Gasteiger partial charge on any atom is 0.0511 e. The van der Waals surface area contributed by atoms with Crippen molar-refractivity contribution in [2.45, 2.75) is 13.3 Å². The number of hydrogen-bond donors (Lipinski definition) is 1.